The third-order valence-electron chi connectivity index (χ3n) is 3.91. The fourth-order valence-corrected chi connectivity index (χ4v) is 2.40. The lowest BCUT2D eigenvalue weighted by atomic mass is 10.0. The maximum atomic E-state index is 11.8. The minimum Gasteiger partial charge on any atom is -0.502 e. The summed E-state index contributed by atoms with van der Waals surface area (Å²) in [7, 11) is 2.77. The molecule has 1 saturated heterocycles. The molecule has 0 radical (unpaired) electrons. The minimum atomic E-state index is -1.36. The first kappa shape index (κ1) is 20.0. The molecule has 9 nitrogen and oxygen atoms in total. The number of phenolic OH excluding ortho intramolecular Hbond substituents is 1. The van der Waals surface area contributed by atoms with Gasteiger partial charge in [0.05, 0.1) is 20.8 Å². The standard InChI is InChI=1S/C17H22O9/c1-23-11-5-9(6-12(24-2)16(11)21)3-4-14(19)26-8-13-17(22)15(20)10(18)7-25-13/h3-6,10,13,15,17-18,20-22H,7-8H2,1-2H3/b4-3+/t10-,13+,15+,17+/m0/s1. The molecule has 144 valence electrons. The van der Waals surface area contributed by atoms with Gasteiger partial charge in [0.15, 0.2) is 11.5 Å². The van der Waals surface area contributed by atoms with Crippen LogP contribution in [-0.2, 0) is 14.3 Å². The summed E-state index contributed by atoms with van der Waals surface area (Å²) >= 11 is 0. The highest BCUT2D eigenvalue weighted by molar-refractivity contribution is 5.87. The molecule has 2 rings (SSSR count). The Balaban J connectivity index is 1.95. The molecule has 1 heterocycles. The molecule has 0 spiro atoms. The van der Waals surface area contributed by atoms with E-state index in [-0.39, 0.29) is 30.5 Å². The Bertz CT molecular complexity index is 633. The van der Waals surface area contributed by atoms with Gasteiger partial charge in [-0.2, -0.15) is 0 Å². The Hall–Kier alpha value is -2.33. The van der Waals surface area contributed by atoms with Crippen LogP contribution >= 0.6 is 0 Å². The van der Waals surface area contributed by atoms with Gasteiger partial charge in [-0.1, -0.05) is 0 Å². The number of aliphatic hydroxyl groups is 3. The van der Waals surface area contributed by atoms with Crippen LogP contribution in [0.3, 0.4) is 0 Å². The molecule has 9 heteroatoms. The molecule has 4 atom stereocenters. The summed E-state index contributed by atoms with van der Waals surface area (Å²) in [6.07, 6.45) is -2.26. The van der Waals surface area contributed by atoms with Gasteiger partial charge in [-0.05, 0) is 23.8 Å². The van der Waals surface area contributed by atoms with Crippen LogP contribution in [0.1, 0.15) is 5.56 Å². The Morgan fingerprint density at radius 2 is 1.81 bits per heavy atom. The Morgan fingerprint density at radius 3 is 2.38 bits per heavy atom. The van der Waals surface area contributed by atoms with Crippen molar-refractivity contribution in [1.29, 1.82) is 0 Å². The normalized spacial score (nSPS) is 25.9. The lowest BCUT2D eigenvalue weighted by Gasteiger charge is -2.34. The van der Waals surface area contributed by atoms with E-state index in [0.29, 0.717) is 5.56 Å². The first-order chi connectivity index (χ1) is 12.4. The van der Waals surface area contributed by atoms with Crippen molar-refractivity contribution < 1.29 is 44.2 Å². The highest BCUT2D eigenvalue weighted by Crippen LogP contribution is 2.37. The van der Waals surface area contributed by atoms with Crippen molar-refractivity contribution in [2.45, 2.75) is 24.4 Å². The molecule has 0 amide bonds. The highest BCUT2D eigenvalue weighted by atomic mass is 16.6. The molecule has 26 heavy (non-hydrogen) atoms. The van der Waals surface area contributed by atoms with E-state index in [0.717, 1.165) is 6.08 Å². The molecule has 0 aromatic heterocycles. The van der Waals surface area contributed by atoms with Crippen molar-refractivity contribution in [3.63, 3.8) is 0 Å². The smallest absolute Gasteiger partial charge is 0.330 e. The second kappa shape index (κ2) is 8.86. The zero-order valence-corrected chi connectivity index (χ0v) is 14.4. The largest absolute Gasteiger partial charge is 0.502 e. The van der Waals surface area contributed by atoms with Crippen LogP contribution < -0.4 is 9.47 Å². The number of esters is 1. The zero-order valence-electron chi connectivity index (χ0n) is 14.4. The molecule has 1 aromatic carbocycles. The maximum absolute atomic E-state index is 11.8. The second-order valence-electron chi connectivity index (χ2n) is 5.66. The van der Waals surface area contributed by atoms with E-state index in [1.54, 1.807) is 0 Å². The SMILES string of the molecule is COc1cc(/C=C/C(=O)OC[C@H]2OC[C@H](O)[C@@H](O)[C@@H]2O)cc(OC)c1O. The van der Waals surface area contributed by atoms with Crippen molar-refractivity contribution >= 4 is 12.0 Å². The Kier molecular flexibility index (Phi) is 6.81. The summed E-state index contributed by atoms with van der Waals surface area (Å²) in [4.78, 5) is 11.8. The van der Waals surface area contributed by atoms with Gasteiger partial charge in [0.1, 0.15) is 31.0 Å². The number of rotatable bonds is 6. The van der Waals surface area contributed by atoms with Crippen molar-refractivity contribution in [3.05, 3.63) is 23.8 Å². The molecule has 0 unspecified atom stereocenters. The molecular weight excluding hydrogens is 348 g/mol. The third kappa shape index (κ3) is 4.64. The van der Waals surface area contributed by atoms with Crippen LogP contribution in [0.5, 0.6) is 17.2 Å². The molecule has 0 bridgehead atoms. The number of hydrogen-bond donors (Lipinski definition) is 4. The number of aliphatic hydroxyl groups excluding tert-OH is 3. The summed E-state index contributed by atoms with van der Waals surface area (Å²) in [5.41, 5.74) is 0.529. The monoisotopic (exact) mass is 370 g/mol. The number of aromatic hydroxyl groups is 1. The van der Waals surface area contributed by atoms with Gasteiger partial charge in [0.2, 0.25) is 5.75 Å². The van der Waals surface area contributed by atoms with Gasteiger partial charge in [0.25, 0.3) is 0 Å². The van der Waals surface area contributed by atoms with Gasteiger partial charge in [-0.15, -0.1) is 0 Å². The summed E-state index contributed by atoms with van der Waals surface area (Å²) in [5, 5.41) is 38.6. The van der Waals surface area contributed by atoms with E-state index in [2.05, 4.69) is 0 Å². The quantitative estimate of drug-likeness (QED) is 0.384. The molecule has 4 N–H and O–H groups in total. The van der Waals surface area contributed by atoms with Crippen LogP contribution in [0.25, 0.3) is 6.08 Å². The highest BCUT2D eigenvalue weighted by Gasteiger charge is 2.37. The first-order valence-corrected chi connectivity index (χ1v) is 7.83. The maximum Gasteiger partial charge on any atom is 0.330 e. The number of methoxy groups -OCH3 is 2. The van der Waals surface area contributed by atoms with Crippen LogP contribution in [0.4, 0.5) is 0 Å². The van der Waals surface area contributed by atoms with Crippen LogP contribution in [-0.4, -0.2) is 78.2 Å². The lowest BCUT2D eigenvalue weighted by molar-refractivity contribution is -0.200. The predicted octanol–water partition coefficient (Wildman–Crippen LogP) is -0.553. The summed E-state index contributed by atoms with van der Waals surface area (Å²) in [6.45, 7) is -0.445. The second-order valence-corrected chi connectivity index (χ2v) is 5.66. The minimum absolute atomic E-state index is 0.154. The van der Waals surface area contributed by atoms with E-state index in [9.17, 15) is 25.2 Å². The fourth-order valence-electron chi connectivity index (χ4n) is 2.40. The van der Waals surface area contributed by atoms with E-state index in [1.165, 1.54) is 32.4 Å². The number of ether oxygens (including phenoxy) is 4. The molecule has 1 fully saturated rings. The zero-order chi connectivity index (χ0) is 19.3. The molecular formula is C17H22O9. The molecule has 0 aliphatic carbocycles. The Labute approximate surface area is 150 Å². The van der Waals surface area contributed by atoms with Gasteiger partial charge in [-0.25, -0.2) is 4.79 Å². The van der Waals surface area contributed by atoms with E-state index in [1.807, 2.05) is 0 Å². The van der Waals surface area contributed by atoms with Crippen molar-refractivity contribution in [2.24, 2.45) is 0 Å². The topological polar surface area (TPSA) is 135 Å². The number of phenols is 1. The Morgan fingerprint density at radius 1 is 1.19 bits per heavy atom. The number of carbonyl (C=O) groups excluding carboxylic acids is 1. The van der Waals surface area contributed by atoms with Crippen LogP contribution in [0, 0.1) is 0 Å². The third-order valence-corrected chi connectivity index (χ3v) is 3.91. The van der Waals surface area contributed by atoms with Gasteiger partial charge in [-0.3, -0.25) is 0 Å². The molecule has 1 aromatic rings. The first-order valence-electron chi connectivity index (χ1n) is 7.83. The number of benzene rings is 1. The number of hydrogen-bond acceptors (Lipinski definition) is 9. The summed E-state index contributed by atoms with van der Waals surface area (Å²) in [5.74, 6) is -0.487. The van der Waals surface area contributed by atoms with E-state index >= 15 is 0 Å². The molecule has 0 saturated carbocycles. The predicted molar refractivity (Wildman–Crippen MR) is 89.0 cm³/mol. The van der Waals surface area contributed by atoms with Crippen molar-refractivity contribution in [3.8, 4) is 17.2 Å². The molecule has 1 aliphatic rings. The van der Waals surface area contributed by atoms with E-state index < -0.39 is 30.4 Å². The van der Waals surface area contributed by atoms with Crippen LogP contribution in [0.15, 0.2) is 18.2 Å². The number of carbonyl (C=O) groups is 1. The van der Waals surface area contributed by atoms with Gasteiger partial charge >= 0.3 is 5.97 Å². The molecule has 1 aliphatic heterocycles. The average Bonchev–Trinajstić information content (AvgIpc) is 2.64. The van der Waals surface area contributed by atoms with Crippen molar-refractivity contribution in [1.82, 2.24) is 0 Å². The van der Waals surface area contributed by atoms with Gasteiger partial charge < -0.3 is 39.4 Å². The fraction of sp³-hybridized carbons (Fsp3) is 0.471. The van der Waals surface area contributed by atoms with Crippen LogP contribution in [0.2, 0.25) is 0 Å². The summed E-state index contributed by atoms with van der Waals surface area (Å²) in [6, 6.07) is 3.01. The van der Waals surface area contributed by atoms with Crippen molar-refractivity contribution in [2.75, 3.05) is 27.4 Å². The summed E-state index contributed by atoms with van der Waals surface area (Å²) < 4.78 is 20.2. The average molecular weight is 370 g/mol. The lowest BCUT2D eigenvalue weighted by Crippen LogP contribution is -2.54. The van der Waals surface area contributed by atoms with E-state index in [4.69, 9.17) is 18.9 Å². The van der Waals surface area contributed by atoms with Gasteiger partial charge in [0, 0.05) is 6.08 Å².